The molecule has 3 rings (SSSR count). The van der Waals surface area contributed by atoms with Crippen LogP contribution in [0.25, 0.3) is 0 Å². The van der Waals surface area contributed by atoms with E-state index in [1.807, 2.05) is 0 Å². The molecule has 0 aliphatic carbocycles. The highest BCUT2D eigenvalue weighted by molar-refractivity contribution is 14.0. The van der Waals surface area contributed by atoms with Crippen LogP contribution < -0.4 is 16.0 Å². The molecule has 0 bridgehead atoms. The van der Waals surface area contributed by atoms with Crippen molar-refractivity contribution in [2.45, 2.75) is 6.04 Å². The van der Waals surface area contributed by atoms with Crippen LogP contribution in [0.1, 0.15) is 10.9 Å². The van der Waals surface area contributed by atoms with Crippen molar-refractivity contribution in [1.29, 1.82) is 0 Å². The Labute approximate surface area is 197 Å². The third kappa shape index (κ3) is 7.49. The number of nitrogens with one attached hydrogen (secondary N) is 3. The molecule has 1 aromatic carbocycles. The summed E-state index contributed by atoms with van der Waals surface area (Å²) < 4.78 is 18.4. The first kappa shape index (κ1) is 24.5. The van der Waals surface area contributed by atoms with Gasteiger partial charge in [0.1, 0.15) is 5.82 Å². The van der Waals surface area contributed by atoms with Crippen LogP contribution in [0.5, 0.6) is 0 Å². The molecule has 0 saturated carbocycles. The van der Waals surface area contributed by atoms with Gasteiger partial charge in [-0.1, -0.05) is 6.07 Å². The van der Waals surface area contributed by atoms with E-state index in [4.69, 9.17) is 4.74 Å². The van der Waals surface area contributed by atoms with E-state index in [-0.39, 0.29) is 48.3 Å². The monoisotopic (exact) mass is 547 g/mol. The Morgan fingerprint density at radius 1 is 1.23 bits per heavy atom. The number of halogens is 2. The van der Waals surface area contributed by atoms with Gasteiger partial charge in [0, 0.05) is 37.2 Å². The summed E-state index contributed by atoms with van der Waals surface area (Å²) in [5, 5.41) is 11.1. The lowest BCUT2D eigenvalue weighted by molar-refractivity contribution is -0.115. The second-order valence-electron chi connectivity index (χ2n) is 6.54. The molecule has 1 unspecified atom stereocenters. The molecule has 10 heteroatoms. The van der Waals surface area contributed by atoms with Gasteiger partial charge < -0.3 is 20.7 Å². The van der Waals surface area contributed by atoms with Crippen LogP contribution in [0.2, 0.25) is 0 Å². The molecule has 2 aromatic rings. The number of thiophene rings is 1. The summed E-state index contributed by atoms with van der Waals surface area (Å²) in [5.41, 5.74) is 0.547. The van der Waals surface area contributed by atoms with Gasteiger partial charge in [-0.05, 0) is 35.7 Å². The number of guanidine groups is 1. The van der Waals surface area contributed by atoms with Crippen molar-refractivity contribution in [3.8, 4) is 0 Å². The molecule has 1 amide bonds. The second kappa shape index (κ2) is 12.8. The summed E-state index contributed by atoms with van der Waals surface area (Å²) in [5.74, 6) is -0.0251. The lowest BCUT2D eigenvalue weighted by Gasteiger charge is -2.34. The molecule has 7 nitrogen and oxygen atoms in total. The Bertz CT molecular complexity index is 798. The Morgan fingerprint density at radius 3 is 2.60 bits per heavy atom. The minimum atomic E-state index is -0.341. The third-order valence-corrected chi connectivity index (χ3v) is 5.56. The van der Waals surface area contributed by atoms with Crippen LogP contribution in [-0.4, -0.2) is 63.2 Å². The first-order chi connectivity index (χ1) is 14.2. The molecule has 0 spiro atoms. The van der Waals surface area contributed by atoms with Gasteiger partial charge in [0.2, 0.25) is 5.91 Å². The van der Waals surface area contributed by atoms with Crippen molar-refractivity contribution in [2.75, 3.05) is 51.8 Å². The van der Waals surface area contributed by atoms with E-state index in [0.29, 0.717) is 18.2 Å². The molecule has 0 radical (unpaired) electrons. The maximum atomic E-state index is 13.0. The quantitative estimate of drug-likeness (QED) is 0.283. The number of nitrogens with zero attached hydrogens (tertiary/aromatic N) is 2. The number of amides is 1. The number of hydrogen-bond donors (Lipinski definition) is 3. The Balaban J connectivity index is 0.00000320. The van der Waals surface area contributed by atoms with Gasteiger partial charge in [-0.15, -0.1) is 35.3 Å². The molecule has 1 aliphatic heterocycles. The number of aliphatic imine (C=N–C) groups is 1. The first-order valence-corrected chi connectivity index (χ1v) is 10.4. The van der Waals surface area contributed by atoms with E-state index < -0.39 is 0 Å². The number of rotatable bonds is 7. The van der Waals surface area contributed by atoms with Gasteiger partial charge in [0.25, 0.3) is 0 Å². The van der Waals surface area contributed by atoms with E-state index in [9.17, 15) is 9.18 Å². The molecule has 1 saturated heterocycles. The van der Waals surface area contributed by atoms with Gasteiger partial charge in [-0.3, -0.25) is 14.7 Å². The zero-order valence-corrected chi connectivity index (χ0v) is 19.9. The van der Waals surface area contributed by atoms with Crippen LogP contribution in [0, 0.1) is 5.82 Å². The standard InChI is InChI=1S/C20H26FN5O2S.HI/c1-22-20(24-14-19(27)25-16-6-4-15(21)5-7-16)23-13-17(18-3-2-12-29-18)26-8-10-28-11-9-26;/h2-7,12,17H,8-11,13-14H2,1H3,(H,25,27)(H2,22,23,24);1H. The highest BCUT2D eigenvalue weighted by Crippen LogP contribution is 2.25. The molecule has 3 N–H and O–H groups in total. The van der Waals surface area contributed by atoms with Crippen LogP contribution in [0.15, 0.2) is 46.8 Å². The largest absolute Gasteiger partial charge is 0.379 e. The predicted octanol–water partition coefficient (Wildman–Crippen LogP) is 2.68. The summed E-state index contributed by atoms with van der Waals surface area (Å²) in [7, 11) is 1.67. The van der Waals surface area contributed by atoms with Crippen molar-refractivity contribution in [3.05, 3.63) is 52.5 Å². The predicted molar refractivity (Wildman–Crippen MR) is 129 cm³/mol. The van der Waals surface area contributed by atoms with Gasteiger partial charge in [0.15, 0.2) is 5.96 Å². The summed E-state index contributed by atoms with van der Waals surface area (Å²) in [6.45, 7) is 3.96. The molecule has 1 atom stereocenters. The average Bonchev–Trinajstić information content (AvgIpc) is 3.27. The maximum Gasteiger partial charge on any atom is 0.243 e. The van der Waals surface area contributed by atoms with Crippen molar-refractivity contribution >= 4 is 52.9 Å². The highest BCUT2D eigenvalue weighted by atomic mass is 127. The molecule has 2 heterocycles. The Morgan fingerprint density at radius 2 is 1.97 bits per heavy atom. The van der Waals surface area contributed by atoms with Crippen molar-refractivity contribution in [3.63, 3.8) is 0 Å². The molecule has 1 aromatic heterocycles. The first-order valence-electron chi connectivity index (χ1n) is 9.51. The van der Waals surface area contributed by atoms with E-state index in [1.54, 1.807) is 18.4 Å². The van der Waals surface area contributed by atoms with E-state index in [0.717, 1.165) is 26.3 Å². The average molecular weight is 547 g/mol. The van der Waals surface area contributed by atoms with Crippen LogP contribution in [0.4, 0.5) is 10.1 Å². The summed E-state index contributed by atoms with van der Waals surface area (Å²) in [6.07, 6.45) is 0. The maximum absolute atomic E-state index is 13.0. The molecule has 30 heavy (non-hydrogen) atoms. The second-order valence-corrected chi connectivity index (χ2v) is 7.52. The van der Waals surface area contributed by atoms with Gasteiger partial charge in [0.05, 0.1) is 25.8 Å². The van der Waals surface area contributed by atoms with Crippen molar-refractivity contribution < 1.29 is 13.9 Å². The SMILES string of the molecule is CN=C(NCC(=O)Nc1ccc(F)cc1)NCC(c1cccs1)N1CCOCC1.I. The van der Waals surface area contributed by atoms with E-state index >= 15 is 0 Å². The fourth-order valence-electron chi connectivity index (χ4n) is 3.10. The number of ether oxygens (including phenoxy) is 1. The Hall–Kier alpha value is -1.76. The van der Waals surface area contributed by atoms with Crippen LogP contribution in [-0.2, 0) is 9.53 Å². The van der Waals surface area contributed by atoms with Crippen LogP contribution >= 0.6 is 35.3 Å². The lowest BCUT2D eigenvalue weighted by Crippen LogP contribution is -2.47. The number of carbonyl (C=O) groups excluding carboxylic acids is 1. The van der Waals surface area contributed by atoms with Crippen molar-refractivity contribution in [1.82, 2.24) is 15.5 Å². The number of carbonyl (C=O) groups is 1. The minimum absolute atomic E-state index is 0. The van der Waals surface area contributed by atoms with Gasteiger partial charge >= 0.3 is 0 Å². The fraction of sp³-hybridized carbons (Fsp3) is 0.400. The summed E-state index contributed by atoms with van der Waals surface area (Å²) in [6, 6.07) is 10.1. The molecule has 1 aliphatic rings. The lowest BCUT2D eigenvalue weighted by atomic mass is 10.2. The van der Waals surface area contributed by atoms with Gasteiger partial charge in [-0.2, -0.15) is 0 Å². The summed E-state index contributed by atoms with van der Waals surface area (Å²) in [4.78, 5) is 20.0. The highest BCUT2D eigenvalue weighted by Gasteiger charge is 2.23. The van der Waals surface area contributed by atoms with E-state index in [2.05, 4.69) is 43.4 Å². The van der Waals surface area contributed by atoms with Gasteiger partial charge in [-0.25, -0.2) is 4.39 Å². The fourth-order valence-corrected chi connectivity index (χ4v) is 3.96. The van der Waals surface area contributed by atoms with E-state index in [1.165, 1.54) is 29.1 Å². The Kier molecular flexibility index (Phi) is 10.5. The normalized spacial score (nSPS) is 15.7. The topological polar surface area (TPSA) is 78.0 Å². The minimum Gasteiger partial charge on any atom is -0.379 e. The van der Waals surface area contributed by atoms with Crippen molar-refractivity contribution in [2.24, 2.45) is 4.99 Å². The number of anilines is 1. The smallest absolute Gasteiger partial charge is 0.243 e. The number of morpholine rings is 1. The molecular formula is C20H27FIN5O2S. The molecular weight excluding hydrogens is 520 g/mol. The van der Waals surface area contributed by atoms with Crippen LogP contribution in [0.3, 0.4) is 0 Å². The zero-order chi connectivity index (χ0) is 20.5. The number of hydrogen-bond acceptors (Lipinski definition) is 5. The number of benzene rings is 1. The third-order valence-electron chi connectivity index (χ3n) is 4.59. The molecule has 1 fully saturated rings. The molecule has 164 valence electrons. The zero-order valence-electron chi connectivity index (χ0n) is 16.8. The summed E-state index contributed by atoms with van der Waals surface area (Å²) >= 11 is 1.73.